The molecule has 0 bridgehead atoms. The fourth-order valence-electron chi connectivity index (χ4n) is 4.83. The van der Waals surface area contributed by atoms with Gasteiger partial charge in [0.25, 0.3) is 0 Å². The van der Waals surface area contributed by atoms with Crippen LogP contribution in [0.5, 0.6) is 0 Å². The molecule has 0 aromatic heterocycles. The van der Waals surface area contributed by atoms with Crippen molar-refractivity contribution in [1.82, 2.24) is 0 Å². The van der Waals surface area contributed by atoms with Crippen LogP contribution in [0.15, 0.2) is 76.8 Å². The number of halogens is 2. The number of carboxylic acids is 1. The van der Waals surface area contributed by atoms with Gasteiger partial charge in [-0.2, -0.15) is 0 Å². The fourth-order valence-corrected chi connectivity index (χ4v) is 5.24. The Labute approximate surface area is 200 Å². The van der Waals surface area contributed by atoms with Crippen molar-refractivity contribution in [3.05, 3.63) is 83.0 Å². The first-order chi connectivity index (χ1) is 15.1. The van der Waals surface area contributed by atoms with Crippen LogP contribution in [0, 0.1) is 5.92 Å². The molecule has 3 N–H and O–H groups in total. The van der Waals surface area contributed by atoms with Crippen LogP contribution in [-0.4, -0.2) is 44.3 Å². The highest BCUT2D eigenvalue weighted by molar-refractivity contribution is 9.10. The summed E-state index contributed by atoms with van der Waals surface area (Å²) in [5.74, 6) is -3.70. The number of nitrogens with zero attached hydrogens (tertiary/aromatic N) is 1. The third-order valence-corrected chi connectivity index (χ3v) is 6.65. The summed E-state index contributed by atoms with van der Waals surface area (Å²) < 4.78 is 7.07. The molecule has 2 aromatic rings. The molecular formula is C24H25BrClNO5. The molecule has 8 heteroatoms. The zero-order valence-corrected chi connectivity index (χ0v) is 20.0. The Hall–Kier alpha value is -2.03. The number of ether oxygens (including phenoxy) is 1. The first-order valence-electron chi connectivity index (χ1n) is 10.0. The lowest BCUT2D eigenvalue weighted by atomic mass is 9.70. The molecule has 0 amide bonds. The number of rotatable bonds is 7. The van der Waals surface area contributed by atoms with Crippen molar-refractivity contribution >= 4 is 39.2 Å². The molecular weight excluding hydrogens is 498 g/mol. The molecule has 1 fully saturated rings. The molecule has 2 aromatic carbocycles. The standard InChI is InChI=1S/C24H25BrClNO5/c1-4-27-14(2)23(31)21(28)19(22(29)30)20(16-8-6-5-7-9-16)24(23,32-15(3)26)17-10-12-18(25)13-11-17/h4-13,15,19-21,28,31H,1H2,2-3H3,(H,29,30)/b27-14+/t15?,19-,20-,21-,23+,24+/m1/s1. The van der Waals surface area contributed by atoms with Gasteiger partial charge in [-0.05, 0) is 37.1 Å². The normalized spacial score (nSPS) is 31.3. The summed E-state index contributed by atoms with van der Waals surface area (Å²) in [6, 6.07) is 15.7. The maximum atomic E-state index is 12.5. The first-order valence-corrected chi connectivity index (χ1v) is 11.3. The van der Waals surface area contributed by atoms with Crippen molar-refractivity contribution < 1.29 is 24.9 Å². The predicted octanol–water partition coefficient (Wildman–Crippen LogP) is 4.44. The second-order valence-corrected chi connectivity index (χ2v) is 9.29. The molecule has 1 aliphatic rings. The Morgan fingerprint density at radius 2 is 1.84 bits per heavy atom. The number of aliphatic carboxylic acids is 1. The van der Waals surface area contributed by atoms with Gasteiger partial charge < -0.3 is 20.1 Å². The molecule has 6 atom stereocenters. The second-order valence-electron chi connectivity index (χ2n) is 7.76. The Kier molecular flexibility index (Phi) is 7.27. The number of hydrogen-bond acceptors (Lipinski definition) is 5. The van der Waals surface area contributed by atoms with E-state index in [9.17, 15) is 20.1 Å². The van der Waals surface area contributed by atoms with Crippen LogP contribution in [-0.2, 0) is 15.1 Å². The van der Waals surface area contributed by atoms with E-state index in [1.165, 1.54) is 13.1 Å². The summed E-state index contributed by atoms with van der Waals surface area (Å²) in [6.45, 7) is 6.66. The third kappa shape index (κ3) is 3.82. The van der Waals surface area contributed by atoms with Gasteiger partial charge in [-0.1, -0.05) is 76.6 Å². The highest BCUT2D eigenvalue weighted by Crippen LogP contribution is 2.61. The number of alkyl halides is 1. The Morgan fingerprint density at radius 1 is 1.25 bits per heavy atom. The van der Waals surface area contributed by atoms with Crippen molar-refractivity contribution in [3.8, 4) is 0 Å². The summed E-state index contributed by atoms with van der Waals surface area (Å²) in [4.78, 5) is 16.6. The van der Waals surface area contributed by atoms with Gasteiger partial charge in [0, 0.05) is 16.6 Å². The predicted molar refractivity (Wildman–Crippen MR) is 127 cm³/mol. The molecule has 0 saturated heterocycles. The summed E-state index contributed by atoms with van der Waals surface area (Å²) in [7, 11) is 0. The van der Waals surface area contributed by atoms with E-state index < -0.39 is 40.7 Å². The topological polar surface area (TPSA) is 99.4 Å². The largest absolute Gasteiger partial charge is 0.481 e. The zero-order chi connectivity index (χ0) is 23.7. The van der Waals surface area contributed by atoms with Crippen LogP contribution in [0.4, 0.5) is 0 Å². The monoisotopic (exact) mass is 521 g/mol. The van der Waals surface area contributed by atoms with E-state index in [0.29, 0.717) is 11.1 Å². The molecule has 0 spiro atoms. The van der Waals surface area contributed by atoms with Crippen LogP contribution in [0.25, 0.3) is 0 Å². The Morgan fingerprint density at radius 3 is 2.34 bits per heavy atom. The number of aliphatic hydroxyl groups excluding tert-OH is 1. The summed E-state index contributed by atoms with van der Waals surface area (Å²) in [5.41, 5.74) is -3.87. The van der Waals surface area contributed by atoms with E-state index in [1.807, 2.05) is 0 Å². The van der Waals surface area contributed by atoms with Crippen LogP contribution >= 0.6 is 27.5 Å². The van der Waals surface area contributed by atoms with Crippen molar-refractivity contribution in [2.24, 2.45) is 10.9 Å². The SMILES string of the molecule is C=C/N=C(\C)[C@]1(O)[C@H](O)[C@H](C(=O)O)[C@@H](c2ccccc2)[C@@]1(OC(C)Cl)c1ccc(Br)cc1. The molecule has 0 aliphatic heterocycles. The van der Waals surface area contributed by atoms with Crippen molar-refractivity contribution in [1.29, 1.82) is 0 Å². The van der Waals surface area contributed by atoms with Crippen LogP contribution in [0.1, 0.15) is 30.9 Å². The van der Waals surface area contributed by atoms with Gasteiger partial charge in [0.2, 0.25) is 0 Å². The number of aliphatic hydroxyl groups is 2. The third-order valence-electron chi connectivity index (χ3n) is 6.03. The summed E-state index contributed by atoms with van der Waals surface area (Å²) >= 11 is 9.74. The minimum absolute atomic E-state index is 0.0601. The van der Waals surface area contributed by atoms with Crippen LogP contribution < -0.4 is 0 Å². The smallest absolute Gasteiger partial charge is 0.310 e. The molecule has 3 rings (SSSR count). The lowest BCUT2D eigenvalue weighted by Crippen LogP contribution is -2.61. The quantitative estimate of drug-likeness (QED) is 0.369. The summed E-state index contributed by atoms with van der Waals surface area (Å²) in [6.07, 6.45) is -0.532. The van der Waals surface area contributed by atoms with Gasteiger partial charge in [-0.3, -0.25) is 9.79 Å². The lowest BCUT2D eigenvalue weighted by molar-refractivity contribution is -0.178. The molecule has 1 unspecified atom stereocenters. The van der Waals surface area contributed by atoms with Gasteiger partial charge >= 0.3 is 5.97 Å². The number of carbonyl (C=O) groups is 1. The fraction of sp³-hybridized carbons (Fsp3) is 0.333. The maximum Gasteiger partial charge on any atom is 0.310 e. The molecule has 1 aliphatic carbocycles. The van der Waals surface area contributed by atoms with E-state index in [-0.39, 0.29) is 5.71 Å². The van der Waals surface area contributed by atoms with Crippen LogP contribution in [0.2, 0.25) is 0 Å². The van der Waals surface area contributed by atoms with Crippen molar-refractivity contribution in [3.63, 3.8) is 0 Å². The minimum Gasteiger partial charge on any atom is -0.481 e. The number of carboxylic acid groups (broad SMARTS) is 1. The van der Waals surface area contributed by atoms with E-state index in [1.54, 1.807) is 61.5 Å². The summed E-state index contributed by atoms with van der Waals surface area (Å²) in [5, 5.41) is 33.8. The van der Waals surface area contributed by atoms with E-state index >= 15 is 0 Å². The molecule has 170 valence electrons. The zero-order valence-electron chi connectivity index (χ0n) is 17.7. The highest BCUT2D eigenvalue weighted by atomic mass is 79.9. The number of aliphatic imine (C=N–C) groups is 1. The van der Waals surface area contributed by atoms with Gasteiger partial charge in [-0.15, -0.1) is 0 Å². The van der Waals surface area contributed by atoms with Crippen molar-refractivity contribution in [2.75, 3.05) is 0 Å². The van der Waals surface area contributed by atoms with Gasteiger partial charge in [0.1, 0.15) is 17.3 Å². The van der Waals surface area contributed by atoms with E-state index in [4.69, 9.17) is 16.3 Å². The number of hydrogen-bond donors (Lipinski definition) is 3. The first kappa shape index (κ1) is 24.6. The van der Waals surface area contributed by atoms with Gasteiger partial charge in [-0.25, -0.2) is 0 Å². The maximum absolute atomic E-state index is 12.5. The molecule has 32 heavy (non-hydrogen) atoms. The molecule has 0 radical (unpaired) electrons. The minimum atomic E-state index is -2.23. The average Bonchev–Trinajstić information content (AvgIpc) is 2.95. The second kappa shape index (κ2) is 9.45. The molecule has 0 heterocycles. The van der Waals surface area contributed by atoms with Crippen LogP contribution in [0.3, 0.4) is 0 Å². The van der Waals surface area contributed by atoms with Gasteiger partial charge in [0.05, 0.1) is 11.6 Å². The molecule has 1 saturated carbocycles. The van der Waals surface area contributed by atoms with E-state index in [0.717, 1.165) is 4.47 Å². The van der Waals surface area contributed by atoms with Crippen molar-refractivity contribution in [2.45, 2.75) is 42.6 Å². The highest BCUT2D eigenvalue weighted by Gasteiger charge is 2.74. The number of benzene rings is 2. The Balaban J connectivity index is 2.50. The Bertz CT molecular complexity index is 1010. The molecule has 6 nitrogen and oxygen atoms in total. The van der Waals surface area contributed by atoms with E-state index in [2.05, 4.69) is 27.5 Å². The average molecular weight is 523 g/mol. The van der Waals surface area contributed by atoms with Gasteiger partial charge in [0.15, 0.2) is 5.60 Å². The lowest BCUT2D eigenvalue weighted by Gasteiger charge is -2.47.